The van der Waals surface area contributed by atoms with Crippen LogP contribution in [0.25, 0.3) is 0 Å². The Labute approximate surface area is 80.1 Å². The first kappa shape index (κ1) is 9.99. The van der Waals surface area contributed by atoms with E-state index in [1.54, 1.807) is 0 Å². The Morgan fingerprint density at radius 3 is 2.86 bits per heavy atom. The fourth-order valence-corrected chi connectivity index (χ4v) is 1.08. The molecular formula is C9H8N2O3. The van der Waals surface area contributed by atoms with Gasteiger partial charge in [-0.25, -0.2) is 0 Å². The minimum absolute atomic E-state index is 0.0430. The van der Waals surface area contributed by atoms with Gasteiger partial charge in [-0.1, -0.05) is 5.92 Å². The number of pyridine rings is 1. The fraction of sp³-hybridized carbons (Fsp3) is 0.222. The number of hydrogen-bond donors (Lipinski definition) is 0. The quantitative estimate of drug-likeness (QED) is 0.393. The molecule has 0 unspecified atom stereocenters. The maximum absolute atomic E-state index is 11.4. The second-order valence-electron chi connectivity index (χ2n) is 2.78. The van der Waals surface area contributed by atoms with Crippen LogP contribution < -0.4 is 5.56 Å². The second-order valence-corrected chi connectivity index (χ2v) is 2.78. The maximum atomic E-state index is 11.4. The average molecular weight is 192 g/mol. The van der Waals surface area contributed by atoms with E-state index in [4.69, 9.17) is 6.42 Å². The normalized spacial score (nSPS) is 9.43. The predicted molar refractivity (Wildman–Crippen MR) is 50.9 cm³/mol. The van der Waals surface area contributed by atoms with E-state index in [-0.39, 0.29) is 17.8 Å². The van der Waals surface area contributed by atoms with Crippen LogP contribution in [-0.2, 0) is 6.54 Å². The van der Waals surface area contributed by atoms with Gasteiger partial charge in [0.05, 0.1) is 17.7 Å². The lowest BCUT2D eigenvalue weighted by Gasteiger charge is -2.01. The van der Waals surface area contributed by atoms with Crippen LogP contribution in [0.15, 0.2) is 17.1 Å². The van der Waals surface area contributed by atoms with Crippen LogP contribution in [-0.4, -0.2) is 9.49 Å². The number of aromatic nitrogens is 1. The van der Waals surface area contributed by atoms with Gasteiger partial charge in [0.2, 0.25) is 0 Å². The molecule has 0 amide bonds. The zero-order chi connectivity index (χ0) is 10.7. The van der Waals surface area contributed by atoms with Crippen molar-refractivity contribution in [1.29, 1.82) is 0 Å². The molecule has 72 valence electrons. The van der Waals surface area contributed by atoms with Gasteiger partial charge < -0.3 is 0 Å². The molecular weight excluding hydrogens is 184 g/mol. The van der Waals surface area contributed by atoms with Gasteiger partial charge in [-0.15, -0.1) is 6.42 Å². The molecule has 0 N–H and O–H groups in total. The number of rotatable bonds is 2. The average Bonchev–Trinajstić information content (AvgIpc) is 2.12. The summed E-state index contributed by atoms with van der Waals surface area (Å²) in [6, 6.07) is 1.23. The zero-order valence-corrected chi connectivity index (χ0v) is 7.56. The highest BCUT2D eigenvalue weighted by Gasteiger charge is 2.10. The van der Waals surface area contributed by atoms with Crippen molar-refractivity contribution in [3.63, 3.8) is 0 Å². The van der Waals surface area contributed by atoms with Crippen LogP contribution >= 0.6 is 0 Å². The summed E-state index contributed by atoms with van der Waals surface area (Å²) in [6.45, 7) is 1.56. The molecule has 14 heavy (non-hydrogen) atoms. The van der Waals surface area contributed by atoms with Crippen molar-refractivity contribution in [1.82, 2.24) is 4.57 Å². The van der Waals surface area contributed by atoms with Crippen molar-refractivity contribution in [2.75, 3.05) is 0 Å². The van der Waals surface area contributed by atoms with E-state index in [9.17, 15) is 14.9 Å². The van der Waals surface area contributed by atoms with Crippen molar-refractivity contribution in [2.45, 2.75) is 13.5 Å². The van der Waals surface area contributed by atoms with E-state index in [0.29, 0.717) is 5.56 Å². The molecule has 1 heterocycles. The number of aryl methyl sites for hydroxylation is 1. The van der Waals surface area contributed by atoms with E-state index >= 15 is 0 Å². The Bertz CT molecular complexity index is 468. The van der Waals surface area contributed by atoms with Crippen molar-refractivity contribution in [3.8, 4) is 12.3 Å². The van der Waals surface area contributed by atoms with Crippen molar-refractivity contribution >= 4 is 5.69 Å². The summed E-state index contributed by atoms with van der Waals surface area (Å²) in [6.07, 6.45) is 6.17. The molecule has 0 bridgehead atoms. The summed E-state index contributed by atoms with van der Waals surface area (Å²) in [5, 5.41) is 10.5. The molecule has 0 saturated heterocycles. The molecule has 0 aliphatic heterocycles. The van der Waals surface area contributed by atoms with Crippen LogP contribution in [0.4, 0.5) is 5.69 Å². The third kappa shape index (κ3) is 1.80. The highest BCUT2D eigenvalue weighted by atomic mass is 16.6. The molecule has 0 spiro atoms. The van der Waals surface area contributed by atoms with Gasteiger partial charge in [-0.05, 0) is 6.92 Å². The topological polar surface area (TPSA) is 65.1 Å². The molecule has 0 aliphatic carbocycles. The molecule has 5 heteroatoms. The third-order valence-corrected chi connectivity index (χ3v) is 1.72. The Kier molecular flexibility index (Phi) is 2.67. The van der Waals surface area contributed by atoms with Crippen LogP contribution in [0.2, 0.25) is 0 Å². The Morgan fingerprint density at radius 2 is 2.36 bits per heavy atom. The van der Waals surface area contributed by atoms with Gasteiger partial charge in [-0.3, -0.25) is 19.5 Å². The Morgan fingerprint density at radius 1 is 1.71 bits per heavy atom. The van der Waals surface area contributed by atoms with Gasteiger partial charge in [0.25, 0.3) is 11.2 Å². The standard InChI is InChI=1S/C9H8N2O3/c1-3-4-10-6-8(11(13)14)5-7(2)9(10)12/h1,5-6H,4H2,2H3. The monoisotopic (exact) mass is 192 g/mol. The Balaban J connectivity index is 3.37. The highest BCUT2D eigenvalue weighted by Crippen LogP contribution is 2.08. The lowest BCUT2D eigenvalue weighted by molar-refractivity contribution is -0.385. The van der Waals surface area contributed by atoms with E-state index in [1.165, 1.54) is 13.0 Å². The molecule has 0 fully saturated rings. The lowest BCUT2D eigenvalue weighted by Crippen LogP contribution is -2.21. The largest absolute Gasteiger partial charge is 0.297 e. The van der Waals surface area contributed by atoms with Crippen LogP contribution in [0.5, 0.6) is 0 Å². The molecule has 1 aromatic rings. The maximum Gasteiger partial charge on any atom is 0.286 e. The molecule has 1 aromatic heterocycles. The summed E-state index contributed by atoms with van der Waals surface area (Å²) in [5.41, 5.74) is -0.111. The minimum atomic E-state index is -0.556. The van der Waals surface area contributed by atoms with Crippen LogP contribution in [0.1, 0.15) is 5.56 Å². The molecule has 0 aromatic carbocycles. The Hall–Kier alpha value is -2.09. The lowest BCUT2D eigenvalue weighted by atomic mass is 10.3. The first-order valence-electron chi connectivity index (χ1n) is 3.85. The van der Waals surface area contributed by atoms with Gasteiger partial charge >= 0.3 is 0 Å². The molecule has 0 radical (unpaired) electrons. The summed E-state index contributed by atoms with van der Waals surface area (Å²) >= 11 is 0. The van der Waals surface area contributed by atoms with Crippen LogP contribution in [0, 0.1) is 29.4 Å². The van der Waals surface area contributed by atoms with Gasteiger partial charge in [0.1, 0.15) is 0 Å². The first-order valence-corrected chi connectivity index (χ1v) is 3.85. The summed E-state index contributed by atoms with van der Waals surface area (Å²) in [7, 11) is 0. The van der Waals surface area contributed by atoms with E-state index in [2.05, 4.69) is 5.92 Å². The third-order valence-electron chi connectivity index (χ3n) is 1.72. The first-order chi connectivity index (χ1) is 6.56. The minimum Gasteiger partial charge on any atom is -0.297 e. The van der Waals surface area contributed by atoms with E-state index < -0.39 is 4.92 Å². The van der Waals surface area contributed by atoms with E-state index in [1.807, 2.05) is 0 Å². The van der Waals surface area contributed by atoms with Crippen molar-refractivity contribution in [3.05, 3.63) is 38.3 Å². The molecule has 0 atom stereocenters. The second kappa shape index (κ2) is 3.75. The number of terminal acetylenes is 1. The zero-order valence-electron chi connectivity index (χ0n) is 7.56. The molecule has 5 nitrogen and oxygen atoms in total. The van der Waals surface area contributed by atoms with Gasteiger partial charge in [0.15, 0.2) is 0 Å². The predicted octanol–water partition coefficient (Wildman–Crippen LogP) is 0.698. The molecule has 0 saturated carbocycles. The van der Waals surface area contributed by atoms with Gasteiger partial charge in [-0.2, -0.15) is 0 Å². The molecule has 1 rings (SSSR count). The van der Waals surface area contributed by atoms with Crippen LogP contribution in [0.3, 0.4) is 0 Å². The number of nitrogens with zero attached hydrogens (tertiary/aromatic N) is 2. The molecule has 0 aliphatic rings. The van der Waals surface area contributed by atoms with Crippen molar-refractivity contribution in [2.24, 2.45) is 0 Å². The van der Waals surface area contributed by atoms with Gasteiger partial charge in [0, 0.05) is 11.6 Å². The van der Waals surface area contributed by atoms with E-state index in [0.717, 1.165) is 10.8 Å². The highest BCUT2D eigenvalue weighted by molar-refractivity contribution is 5.30. The van der Waals surface area contributed by atoms with Crippen molar-refractivity contribution < 1.29 is 4.92 Å². The summed E-state index contributed by atoms with van der Waals surface area (Å²) in [5.74, 6) is 2.26. The summed E-state index contributed by atoms with van der Waals surface area (Å²) < 4.78 is 1.15. The number of hydrogen-bond acceptors (Lipinski definition) is 3. The summed E-state index contributed by atoms with van der Waals surface area (Å²) in [4.78, 5) is 21.3. The number of nitro groups is 1. The SMILES string of the molecule is C#CCn1cc([N+](=O)[O-])cc(C)c1=O. The smallest absolute Gasteiger partial charge is 0.286 e. The fourth-order valence-electron chi connectivity index (χ4n) is 1.08.